The molecule has 0 spiro atoms. The molecule has 14 heteroatoms. The van der Waals surface area contributed by atoms with Gasteiger partial charge in [-0.3, -0.25) is 4.98 Å². The van der Waals surface area contributed by atoms with Crippen molar-refractivity contribution in [1.82, 2.24) is 20.0 Å². The first kappa shape index (κ1) is 26.0. The first-order chi connectivity index (χ1) is 16.8. The number of nitrogens with zero attached hydrogens (tertiary/aromatic N) is 4. The Balaban J connectivity index is 1.70. The van der Waals surface area contributed by atoms with Crippen molar-refractivity contribution in [3.8, 4) is 11.3 Å². The van der Waals surface area contributed by atoms with Crippen LogP contribution in [0.15, 0.2) is 46.2 Å². The van der Waals surface area contributed by atoms with Crippen molar-refractivity contribution in [3.63, 3.8) is 0 Å². The van der Waals surface area contributed by atoms with Crippen LogP contribution in [0.2, 0.25) is 0 Å². The highest BCUT2D eigenvalue weighted by Gasteiger charge is 2.48. The zero-order chi connectivity index (χ0) is 25.1. The summed E-state index contributed by atoms with van der Waals surface area (Å²) in [6.07, 6.45) is 1.04. The lowest BCUT2D eigenvalue weighted by Gasteiger charge is -2.43. The van der Waals surface area contributed by atoms with Gasteiger partial charge in [-0.15, -0.1) is 5.10 Å². The molecule has 0 aliphatic carbocycles. The largest absolute Gasteiger partial charge is 0.394 e. The molecule has 2 unspecified atom stereocenters. The van der Waals surface area contributed by atoms with Crippen LogP contribution in [0.3, 0.4) is 0 Å². The molecule has 1 fully saturated rings. The van der Waals surface area contributed by atoms with E-state index in [2.05, 4.69) is 31.2 Å². The summed E-state index contributed by atoms with van der Waals surface area (Å²) >= 11 is 4.51. The van der Waals surface area contributed by atoms with Gasteiger partial charge in [0.25, 0.3) is 0 Å². The van der Waals surface area contributed by atoms with Crippen LogP contribution in [0, 0.1) is 17.5 Å². The Morgan fingerprint density at radius 1 is 1.17 bits per heavy atom. The molecule has 3 aromatic rings. The number of benzene rings is 1. The molecule has 2 aromatic heterocycles. The van der Waals surface area contributed by atoms with Crippen molar-refractivity contribution < 1.29 is 37.2 Å². The van der Waals surface area contributed by atoms with Gasteiger partial charge in [0.15, 0.2) is 17.5 Å². The molecule has 35 heavy (non-hydrogen) atoms. The Hall–Kier alpha value is -2.10. The van der Waals surface area contributed by atoms with Gasteiger partial charge in [0.1, 0.15) is 42.2 Å². The molecule has 188 valence electrons. The van der Waals surface area contributed by atoms with Crippen molar-refractivity contribution in [2.24, 2.45) is 0 Å². The van der Waals surface area contributed by atoms with E-state index >= 15 is 0 Å². The molecule has 0 saturated carbocycles. The maximum Gasteiger partial charge on any atom is 0.194 e. The SMILES string of the molecule is OCC1O[C@H](Sc2cncc(Br)c2)[C@@H](OCCF)C(n2cc(-c3cc(F)c(F)c(F)c3)nn2)[C@H]1O. The van der Waals surface area contributed by atoms with Crippen molar-refractivity contribution >= 4 is 27.7 Å². The molecular formula is C21H19BrF4N4O4S. The molecule has 1 aliphatic heterocycles. The number of thioether (sulfide) groups is 1. The van der Waals surface area contributed by atoms with E-state index in [9.17, 15) is 27.8 Å². The number of ether oxygens (including phenoxy) is 2. The molecule has 1 aliphatic rings. The van der Waals surface area contributed by atoms with E-state index in [0.717, 1.165) is 12.1 Å². The third-order valence-electron chi connectivity index (χ3n) is 5.24. The van der Waals surface area contributed by atoms with E-state index in [-0.39, 0.29) is 17.9 Å². The van der Waals surface area contributed by atoms with Crippen LogP contribution < -0.4 is 0 Å². The predicted octanol–water partition coefficient (Wildman–Crippen LogP) is 3.29. The van der Waals surface area contributed by atoms with Crippen molar-refractivity contribution in [2.75, 3.05) is 19.9 Å². The number of rotatable bonds is 8. The molecule has 1 saturated heterocycles. The Bertz CT molecular complexity index is 1150. The molecule has 0 bridgehead atoms. The average Bonchev–Trinajstić information content (AvgIpc) is 3.32. The standard InChI is InChI=1S/C21H19BrF4N4O4S/c22-11-5-12(7-27-6-11)35-21-20(33-2-1-23)18(19(32)16(9-31)34-21)30-8-15(28-29-30)10-3-13(24)17(26)14(25)4-10/h3-8,16,18-21,31-32H,1-2,9H2/t16?,18?,19-,20-,21+/m0/s1. The first-order valence-electron chi connectivity index (χ1n) is 10.3. The second kappa shape index (κ2) is 11.3. The lowest BCUT2D eigenvalue weighted by Crippen LogP contribution is -2.56. The Morgan fingerprint density at radius 3 is 2.57 bits per heavy atom. The van der Waals surface area contributed by atoms with Gasteiger partial charge in [0.2, 0.25) is 0 Å². The third-order valence-corrected chi connectivity index (χ3v) is 6.78. The number of hydrogen-bond donors (Lipinski definition) is 2. The molecule has 5 atom stereocenters. The van der Waals surface area contributed by atoms with Gasteiger partial charge in [-0.1, -0.05) is 17.0 Å². The van der Waals surface area contributed by atoms with Gasteiger partial charge in [-0.25, -0.2) is 22.2 Å². The number of aromatic nitrogens is 4. The van der Waals surface area contributed by atoms with Gasteiger partial charge >= 0.3 is 0 Å². The second-order valence-electron chi connectivity index (χ2n) is 7.53. The lowest BCUT2D eigenvalue weighted by atomic mass is 9.97. The number of alkyl halides is 1. The fourth-order valence-corrected chi connectivity index (χ4v) is 5.34. The van der Waals surface area contributed by atoms with E-state index in [1.165, 1.54) is 22.6 Å². The molecule has 2 N–H and O–H groups in total. The number of halogens is 5. The third kappa shape index (κ3) is 5.67. The summed E-state index contributed by atoms with van der Waals surface area (Å²) in [5.74, 6) is -4.41. The van der Waals surface area contributed by atoms with Gasteiger partial charge in [0, 0.05) is 27.3 Å². The van der Waals surface area contributed by atoms with Crippen LogP contribution in [0.25, 0.3) is 11.3 Å². The highest BCUT2D eigenvalue weighted by molar-refractivity contribution is 9.10. The zero-order valence-electron chi connectivity index (χ0n) is 17.8. The van der Waals surface area contributed by atoms with Crippen molar-refractivity contribution in [2.45, 2.75) is 34.7 Å². The normalized spacial score (nSPS) is 24.6. The van der Waals surface area contributed by atoms with Crippen LogP contribution in [0.1, 0.15) is 6.04 Å². The summed E-state index contributed by atoms with van der Waals surface area (Å²) in [4.78, 5) is 4.76. The predicted molar refractivity (Wildman–Crippen MR) is 120 cm³/mol. The maximum absolute atomic E-state index is 13.7. The minimum atomic E-state index is -1.62. The Kier molecular flexibility index (Phi) is 8.39. The van der Waals surface area contributed by atoms with Crippen LogP contribution in [-0.2, 0) is 9.47 Å². The summed E-state index contributed by atoms with van der Waals surface area (Å²) in [7, 11) is 0. The molecule has 4 rings (SSSR count). The topological polar surface area (TPSA) is 103 Å². The van der Waals surface area contributed by atoms with Crippen LogP contribution in [0.5, 0.6) is 0 Å². The van der Waals surface area contributed by atoms with E-state index in [0.29, 0.717) is 9.37 Å². The van der Waals surface area contributed by atoms with Crippen LogP contribution in [0.4, 0.5) is 17.6 Å². The molecule has 0 amide bonds. The van der Waals surface area contributed by atoms with Crippen LogP contribution in [-0.4, -0.2) is 73.8 Å². The summed E-state index contributed by atoms with van der Waals surface area (Å²) in [5, 5.41) is 28.6. The maximum atomic E-state index is 13.7. The van der Waals surface area contributed by atoms with Crippen LogP contribution >= 0.6 is 27.7 Å². The summed E-state index contributed by atoms with van der Waals surface area (Å²) in [6.45, 7) is -1.67. The van der Waals surface area contributed by atoms with Gasteiger partial charge in [-0.05, 0) is 34.1 Å². The number of hydrogen-bond acceptors (Lipinski definition) is 8. The lowest BCUT2D eigenvalue weighted by molar-refractivity contribution is -0.193. The zero-order valence-corrected chi connectivity index (χ0v) is 20.2. The fourth-order valence-electron chi connectivity index (χ4n) is 3.67. The summed E-state index contributed by atoms with van der Waals surface area (Å²) in [5.41, 5.74) is -0.927. The molecule has 0 radical (unpaired) electrons. The summed E-state index contributed by atoms with van der Waals surface area (Å²) < 4.78 is 67.3. The quantitative estimate of drug-likeness (QED) is 0.310. The van der Waals surface area contributed by atoms with E-state index in [1.54, 1.807) is 18.5 Å². The smallest absolute Gasteiger partial charge is 0.194 e. The van der Waals surface area contributed by atoms with Crippen molar-refractivity contribution in [1.29, 1.82) is 0 Å². The van der Waals surface area contributed by atoms with Gasteiger partial charge < -0.3 is 19.7 Å². The highest BCUT2D eigenvalue weighted by atomic mass is 79.9. The second-order valence-corrected chi connectivity index (χ2v) is 9.61. The van der Waals surface area contributed by atoms with E-state index in [1.807, 2.05) is 0 Å². The Morgan fingerprint density at radius 2 is 1.91 bits per heavy atom. The Labute approximate surface area is 209 Å². The number of aliphatic hydroxyl groups excluding tert-OH is 2. The minimum Gasteiger partial charge on any atom is -0.394 e. The number of pyridine rings is 1. The van der Waals surface area contributed by atoms with Crippen molar-refractivity contribution in [3.05, 3.63) is 58.7 Å². The van der Waals surface area contributed by atoms with E-state index in [4.69, 9.17) is 9.47 Å². The number of aliphatic hydroxyl groups is 2. The fraction of sp³-hybridized carbons (Fsp3) is 0.381. The average molecular weight is 579 g/mol. The minimum absolute atomic E-state index is 0.00771. The summed E-state index contributed by atoms with van der Waals surface area (Å²) in [6, 6.07) is 2.27. The molecular weight excluding hydrogens is 560 g/mol. The van der Waals surface area contributed by atoms with E-state index < -0.39 is 60.5 Å². The highest BCUT2D eigenvalue weighted by Crippen LogP contribution is 2.40. The first-order valence-corrected chi connectivity index (χ1v) is 12.0. The molecule has 8 nitrogen and oxygen atoms in total. The monoisotopic (exact) mass is 578 g/mol. The molecule has 3 heterocycles. The van der Waals surface area contributed by atoms with Gasteiger partial charge in [0.05, 0.1) is 19.4 Å². The molecule has 1 aromatic carbocycles. The van der Waals surface area contributed by atoms with Gasteiger partial charge in [-0.2, -0.15) is 0 Å².